The standard InChI is InChI=1S/C11H13NO5S/c1-18(16,17)9-4-2-3-8(7-9)11(15)12-6-5-10(13)14/h2-4,7H,5-6H2,1H3,(H,12,15)(H,13,14). The molecule has 1 aromatic rings. The maximum absolute atomic E-state index is 11.6. The largest absolute Gasteiger partial charge is 0.481 e. The Balaban J connectivity index is 2.78. The Labute approximate surface area is 105 Å². The third-order valence-corrected chi connectivity index (χ3v) is 3.26. The van der Waals surface area contributed by atoms with Crippen molar-refractivity contribution in [2.75, 3.05) is 12.8 Å². The molecule has 98 valence electrons. The summed E-state index contributed by atoms with van der Waals surface area (Å²) in [5.41, 5.74) is 0.184. The van der Waals surface area contributed by atoms with Crippen molar-refractivity contribution in [2.45, 2.75) is 11.3 Å². The molecular weight excluding hydrogens is 258 g/mol. The summed E-state index contributed by atoms with van der Waals surface area (Å²) in [5.74, 6) is -1.51. The molecule has 2 N–H and O–H groups in total. The predicted molar refractivity (Wildman–Crippen MR) is 64.1 cm³/mol. The average Bonchev–Trinajstić information content (AvgIpc) is 2.27. The summed E-state index contributed by atoms with van der Waals surface area (Å²) in [6, 6.07) is 5.57. The minimum absolute atomic E-state index is 0.00271. The van der Waals surface area contributed by atoms with Crippen LogP contribution in [0.5, 0.6) is 0 Å². The molecule has 0 saturated heterocycles. The van der Waals surface area contributed by atoms with Gasteiger partial charge in [0.05, 0.1) is 11.3 Å². The number of rotatable bonds is 5. The van der Waals surface area contributed by atoms with Gasteiger partial charge in [-0.1, -0.05) is 6.07 Å². The lowest BCUT2D eigenvalue weighted by molar-refractivity contribution is -0.136. The lowest BCUT2D eigenvalue weighted by Crippen LogP contribution is -2.26. The van der Waals surface area contributed by atoms with E-state index in [-0.39, 0.29) is 23.4 Å². The fraction of sp³-hybridized carbons (Fsp3) is 0.273. The second kappa shape index (κ2) is 5.63. The summed E-state index contributed by atoms with van der Waals surface area (Å²) in [6.07, 6.45) is 0.867. The summed E-state index contributed by atoms with van der Waals surface area (Å²) in [6.45, 7) is -0.00271. The minimum Gasteiger partial charge on any atom is -0.481 e. The van der Waals surface area contributed by atoms with Crippen LogP contribution in [0.25, 0.3) is 0 Å². The van der Waals surface area contributed by atoms with Gasteiger partial charge in [0.15, 0.2) is 9.84 Å². The first-order valence-corrected chi connectivity index (χ1v) is 7.00. The average molecular weight is 271 g/mol. The Bertz CT molecular complexity index is 565. The van der Waals surface area contributed by atoms with E-state index in [1.54, 1.807) is 0 Å². The highest BCUT2D eigenvalue weighted by Crippen LogP contribution is 2.11. The molecule has 0 fully saturated rings. The van der Waals surface area contributed by atoms with E-state index in [0.717, 1.165) is 6.26 Å². The Kier molecular flexibility index (Phi) is 4.43. The molecule has 1 amide bonds. The number of hydrogen-bond donors (Lipinski definition) is 2. The number of benzene rings is 1. The SMILES string of the molecule is CS(=O)(=O)c1cccc(C(=O)NCCC(=O)O)c1. The predicted octanol–water partition coefficient (Wildman–Crippen LogP) is 0.295. The highest BCUT2D eigenvalue weighted by molar-refractivity contribution is 7.90. The zero-order valence-corrected chi connectivity index (χ0v) is 10.5. The van der Waals surface area contributed by atoms with Crippen LogP contribution in [0.15, 0.2) is 29.2 Å². The van der Waals surface area contributed by atoms with Crippen LogP contribution in [-0.2, 0) is 14.6 Å². The van der Waals surface area contributed by atoms with Crippen molar-refractivity contribution in [3.63, 3.8) is 0 Å². The molecule has 6 nitrogen and oxygen atoms in total. The molecule has 7 heteroatoms. The Morgan fingerprint density at radius 1 is 1.33 bits per heavy atom. The van der Waals surface area contributed by atoms with Crippen molar-refractivity contribution in [1.29, 1.82) is 0 Å². The van der Waals surface area contributed by atoms with Crippen molar-refractivity contribution in [1.82, 2.24) is 5.32 Å². The molecule has 0 saturated carbocycles. The van der Waals surface area contributed by atoms with Gasteiger partial charge in [-0.15, -0.1) is 0 Å². The van der Waals surface area contributed by atoms with Crippen molar-refractivity contribution in [2.24, 2.45) is 0 Å². The van der Waals surface area contributed by atoms with Crippen LogP contribution in [-0.4, -0.2) is 38.2 Å². The molecule has 0 radical (unpaired) electrons. The summed E-state index contributed by atoms with van der Waals surface area (Å²) in [5, 5.41) is 10.8. The van der Waals surface area contributed by atoms with E-state index in [2.05, 4.69) is 5.32 Å². The van der Waals surface area contributed by atoms with Crippen molar-refractivity contribution in [3.8, 4) is 0 Å². The number of carbonyl (C=O) groups is 2. The van der Waals surface area contributed by atoms with Crippen molar-refractivity contribution < 1.29 is 23.1 Å². The molecule has 0 unspecified atom stereocenters. The van der Waals surface area contributed by atoms with Crippen LogP contribution >= 0.6 is 0 Å². The maximum Gasteiger partial charge on any atom is 0.305 e. The molecular formula is C11H13NO5S. The minimum atomic E-state index is -3.37. The molecule has 0 aromatic heterocycles. The van der Waals surface area contributed by atoms with Crippen LogP contribution in [0.3, 0.4) is 0 Å². The van der Waals surface area contributed by atoms with Gasteiger partial charge >= 0.3 is 5.97 Å². The maximum atomic E-state index is 11.6. The third kappa shape index (κ3) is 4.17. The smallest absolute Gasteiger partial charge is 0.305 e. The fourth-order valence-electron chi connectivity index (χ4n) is 1.25. The number of hydrogen-bond acceptors (Lipinski definition) is 4. The summed E-state index contributed by atoms with van der Waals surface area (Å²) < 4.78 is 22.6. The van der Waals surface area contributed by atoms with Gasteiger partial charge in [-0.25, -0.2) is 8.42 Å². The fourth-order valence-corrected chi connectivity index (χ4v) is 1.92. The number of nitrogens with one attached hydrogen (secondary N) is 1. The van der Waals surface area contributed by atoms with E-state index in [4.69, 9.17) is 5.11 Å². The molecule has 0 bridgehead atoms. The summed E-state index contributed by atoms with van der Waals surface area (Å²) >= 11 is 0. The van der Waals surface area contributed by atoms with Crippen LogP contribution in [0.2, 0.25) is 0 Å². The topological polar surface area (TPSA) is 101 Å². The van der Waals surface area contributed by atoms with Gasteiger partial charge in [0.2, 0.25) is 0 Å². The van der Waals surface area contributed by atoms with E-state index >= 15 is 0 Å². The molecule has 0 aliphatic heterocycles. The number of amides is 1. The Morgan fingerprint density at radius 2 is 2.00 bits per heavy atom. The molecule has 0 spiro atoms. The van der Waals surface area contributed by atoms with Gasteiger partial charge in [-0.05, 0) is 18.2 Å². The Hall–Kier alpha value is -1.89. The number of carboxylic acids is 1. The molecule has 0 aliphatic carbocycles. The molecule has 1 aromatic carbocycles. The van der Waals surface area contributed by atoms with Crippen molar-refractivity contribution in [3.05, 3.63) is 29.8 Å². The van der Waals surface area contributed by atoms with Gasteiger partial charge in [-0.2, -0.15) is 0 Å². The van der Waals surface area contributed by atoms with Gasteiger partial charge < -0.3 is 10.4 Å². The van der Waals surface area contributed by atoms with Gasteiger partial charge in [0.25, 0.3) is 5.91 Å². The number of carboxylic acid groups (broad SMARTS) is 1. The zero-order valence-electron chi connectivity index (χ0n) is 9.71. The second-order valence-corrected chi connectivity index (χ2v) is 5.72. The van der Waals surface area contributed by atoms with Crippen LogP contribution in [0.4, 0.5) is 0 Å². The third-order valence-electron chi connectivity index (χ3n) is 2.15. The summed E-state index contributed by atoms with van der Waals surface area (Å²) in [4.78, 5) is 21.9. The van der Waals surface area contributed by atoms with Gasteiger partial charge in [0.1, 0.15) is 0 Å². The van der Waals surface area contributed by atoms with E-state index in [1.807, 2.05) is 0 Å². The lowest BCUT2D eigenvalue weighted by Gasteiger charge is -2.05. The first kappa shape index (κ1) is 14.2. The summed E-state index contributed by atoms with van der Waals surface area (Å²) in [7, 11) is -3.37. The molecule has 1 rings (SSSR count). The first-order chi connectivity index (χ1) is 8.30. The number of aliphatic carboxylic acids is 1. The van der Waals surface area contributed by atoms with Crippen LogP contribution in [0.1, 0.15) is 16.8 Å². The van der Waals surface area contributed by atoms with Gasteiger partial charge in [-0.3, -0.25) is 9.59 Å². The quantitative estimate of drug-likeness (QED) is 0.802. The Morgan fingerprint density at radius 3 is 2.56 bits per heavy atom. The normalized spacial score (nSPS) is 10.9. The molecule has 0 atom stereocenters. The van der Waals surface area contributed by atoms with Crippen LogP contribution in [0, 0.1) is 0 Å². The molecule has 18 heavy (non-hydrogen) atoms. The first-order valence-electron chi connectivity index (χ1n) is 5.11. The lowest BCUT2D eigenvalue weighted by atomic mass is 10.2. The molecule has 0 heterocycles. The van der Waals surface area contributed by atoms with Crippen LogP contribution < -0.4 is 5.32 Å². The van der Waals surface area contributed by atoms with Gasteiger partial charge in [0, 0.05) is 18.4 Å². The highest BCUT2D eigenvalue weighted by Gasteiger charge is 2.11. The number of carbonyl (C=O) groups excluding carboxylic acids is 1. The van der Waals surface area contributed by atoms with E-state index in [1.165, 1.54) is 24.3 Å². The highest BCUT2D eigenvalue weighted by atomic mass is 32.2. The zero-order chi connectivity index (χ0) is 13.8. The second-order valence-electron chi connectivity index (χ2n) is 3.70. The van der Waals surface area contributed by atoms with E-state index in [9.17, 15) is 18.0 Å². The van der Waals surface area contributed by atoms with E-state index in [0.29, 0.717) is 0 Å². The monoisotopic (exact) mass is 271 g/mol. The van der Waals surface area contributed by atoms with E-state index < -0.39 is 21.7 Å². The van der Waals surface area contributed by atoms with Crippen molar-refractivity contribution >= 4 is 21.7 Å². The molecule has 0 aliphatic rings. The number of sulfone groups is 1.